The number of rotatable bonds is 6. The molecule has 0 spiro atoms. The van der Waals surface area contributed by atoms with Gasteiger partial charge in [0.25, 0.3) is 5.56 Å². The molecule has 12 nitrogen and oxygen atoms in total. The SMILES string of the molecule is N#CCC1(n2nc(Nc3ccc4c(c3)CN(CC(F)(F)F)S4(O)O)c3c(=O)[nH]ccc32)CCC(C(=O)O)OC1. The molecule has 4 heterocycles. The van der Waals surface area contributed by atoms with Gasteiger partial charge in [-0.2, -0.15) is 27.8 Å². The van der Waals surface area contributed by atoms with Gasteiger partial charge in [0.05, 0.1) is 35.0 Å². The number of fused-ring (bicyclic) bond motifs is 2. The second-order valence-corrected chi connectivity index (χ2v) is 11.4. The number of pyridine rings is 1. The third-order valence-electron chi connectivity index (χ3n) is 6.84. The predicted molar refractivity (Wildman–Crippen MR) is 132 cm³/mol. The maximum atomic E-state index is 13.0. The van der Waals surface area contributed by atoms with Crippen LogP contribution in [0.1, 0.15) is 24.8 Å². The van der Waals surface area contributed by atoms with Gasteiger partial charge in [0, 0.05) is 18.4 Å². The number of nitrogens with one attached hydrogen (secondary N) is 2. The van der Waals surface area contributed by atoms with E-state index < -0.39 is 46.7 Å². The van der Waals surface area contributed by atoms with Crippen molar-refractivity contribution < 1.29 is 36.9 Å². The van der Waals surface area contributed by atoms with Crippen molar-refractivity contribution in [1.29, 1.82) is 5.26 Å². The summed E-state index contributed by atoms with van der Waals surface area (Å²) in [6.45, 7) is -1.98. The maximum Gasteiger partial charge on any atom is 0.403 e. The number of nitriles is 1. The molecule has 39 heavy (non-hydrogen) atoms. The van der Waals surface area contributed by atoms with Crippen LogP contribution in [0.4, 0.5) is 24.7 Å². The Kier molecular flexibility index (Phi) is 6.59. The highest BCUT2D eigenvalue weighted by molar-refractivity contribution is 8.22. The highest BCUT2D eigenvalue weighted by Gasteiger charge is 2.43. The second kappa shape index (κ2) is 9.54. The fourth-order valence-corrected chi connectivity index (χ4v) is 6.66. The number of carbonyl (C=O) groups is 1. The maximum absolute atomic E-state index is 13.0. The zero-order valence-electron chi connectivity index (χ0n) is 20.1. The molecule has 2 aromatic heterocycles. The summed E-state index contributed by atoms with van der Waals surface area (Å²) in [5.74, 6) is -1.03. The number of anilines is 2. The first kappa shape index (κ1) is 27.0. The number of aliphatic carboxylic acids is 1. The number of carboxylic acid groups (broad SMARTS) is 1. The summed E-state index contributed by atoms with van der Waals surface area (Å²) in [6.07, 6.45) is -3.97. The number of nitrogens with zero attached hydrogens (tertiary/aromatic N) is 4. The largest absolute Gasteiger partial charge is 0.479 e. The van der Waals surface area contributed by atoms with Crippen LogP contribution in [0.3, 0.4) is 0 Å². The number of aromatic nitrogens is 3. The zero-order valence-corrected chi connectivity index (χ0v) is 20.9. The fourth-order valence-electron chi connectivity index (χ4n) is 5.01. The van der Waals surface area contributed by atoms with Gasteiger partial charge in [-0.05, 0) is 42.7 Å². The number of aromatic amines is 1. The average Bonchev–Trinajstić information content (AvgIpc) is 3.34. The Morgan fingerprint density at radius 3 is 2.77 bits per heavy atom. The van der Waals surface area contributed by atoms with Crippen molar-refractivity contribution in [2.24, 2.45) is 0 Å². The van der Waals surface area contributed by atoms with Gasteiger partial charge in [0.2, 0.25) is 0 Å². The molecule has 5 rings (SSSR count). The molecule has 208 valence electrons. The summed E-state index contributed by atoms with van der Waals surface area (Å²) >= 11 is 0. The number of hydrogen-bond donors (Lipinski definition) is 5. The summed E-state index contributed by atoms with van der Waals surface area (Å²) in [4.78, 5) is 26.8. The van der Waals surface area contributed by atoms with E-state index in [4.69, 9.17) is 4.74 Å². The topological polar surface area (TPSA) is 177 Å². The number of halogens is 3. The Morgan fingerprint density at radius 1 is 1.36 bits per heavy atom. The van der Waals surface area contributed by atoms with Gasteiger partial charge in [-0.15, -0.1) is 10.8 Å². The van der Waals surface area contributed by atoms with Gasteiger partial charge < -0.3 is 20.1 Å². The Labute approximate surface area is 220 Å². The van der Waals surface area contributed by atoms with Crippen LogP contribution in [0.2, 0.25) is 0 Å². The van der Waals surface area contributed by atoms with Crippen LogP contribution in [-0.4, -0.2) is 64.7 Å². The third-order valence-corrected chi connectivity index (χ3v) is 8.81. The van der Waals surface area contributed by atoms with Gasteiger partial charge >= 0.3 is 12.1 Å². The number of benzene rings is 1. The molecule has 0 bridgehead atoms. The molecule has 2 unspecified atom stereocenters. The summed E-state index contributed by atoms with van der Waals surface area (Å²) in [6, 6.07) is 7.87. The van der Waals surface area contributed by atoms with Crippen molar-refractivity contribution in [3.05, 3.63) is 46.4 Å². The van der Waals surface area contributed by atoms with Crippen LogP contribution < -0.4 is 10.9 Å². The minimum atomic E-state index is -4.63. The van der Waals surface area contributed by atoms with Crippen LogP contribution >= 0.6 is 10.8 Å². The van der Waals surface area contributed by atoms with Crippen LogP contribution in [0, 0.1) is 11.3 Å². The Bertz CT molecular complexity index is 1540. The first-order valence-corrected chi connectivity index (χ1v) is 13.2. The van der Waals surface area contributed by atoms with Crippen LogP contribution in [0.25, 0.3) is 10.9 Å². The summed E-state index contributed by atoms with van der Waals surface area (Å²) < 4.78 is 67.3. The first-order valence-electron chi connectivity index (χ1n) is 11.7. The molecule has 2 aliphatic heterocycles. The minimum absolute atomic E-state index is 0.0224. The molecule has 0 amide bonds. The van der Waals surface area contributed by atoms with Crippen molar-refractivity contribution in [2.45, 2.75) is 48.5 Å². The Balaban J connectivity index is 1.52. The molecule has 3 aromatic rings. The molecule has 0 aliphatic carbocycles. The summed E-state index contributed by atoms with van der Waals surface area (Å²) in [5, 5.41) is 26.5. The van der Waals surface area contributed by atoms with Crippen LogP contribution in [0.5, 0.6) is 0 Å². The minimum Gasteiger partial charge on any atom is -0.479 e. The normalized spacial score (nSPS) is 23.7. The monoisotopic (exact) mass is 568 g/mol. The molecule has 16 heteroatoms. The second-order valence-electron chi connectivity index (χ2n) is 9.44. The molecular formula is C23H23F3N6O6S. The fraction of sp³-hybridized carbons (Fsp3) is 0.391. The molecule has 1 saturated heterocycles. The van der Waals surface area contributed by atoms with Crippen LogP contribution in [-0.2, 0) is 21.6 Å². The molecule has 1 fully saturated rings. The van der Waals surface area contributed by atoms with Gasteiger partial charge in [-0.3, -0.25) is 18.6 Å². The van der Waals surface area contributed by atoms with Crippen molar-refractivity contribution >= 4 is 39.2 Å². The van der Waals surface area contributed by atoms with E-state index in [9.17, 15) is 42.2 Å². The van der Waals surface area contributed by atoms with E-state index in [-0.39, 0.29) is 54.1 Å². The number of carboxylic acids is 1. The van der Waals surface area contributed by atoms with Gasteiger partial charge in [-0.25, -0.2) is 4.79 Å². The lowest BCUT2D eigenvalue weighted by atomic mass is 9.87. The highest BCUT2D eigenvalue weighted by atomic mass is 32.3. The molecule has 5 N–H and O–H groups in total. The Morgan fingerprint density at radius 2 is 2.13 bits per heavy atom. The predicted octanol–water partition coefficient (Wildman–Crippen LogP) is 3.74. The van der Waals surface area contributed by atoms with Crippen molar-refractivity contribution in [2.75, 3.05) is 18.5 Å². The number of alkyl halides is 3. The van der Waals surface area contributed by atoms with Gasteiger partial charge in [0.1, 0.15) is 11.9 Å². The van der Waals surface area contributed by atoms with Crippen molar-refractivity contribution in [3.63, 3.8) is 0 Å². The van der Waals surface area contributed by atoms with E-state index in [0.29, 0.717) is 15.5 Å². The smallest absolute Gasteiger partial charge is 0.403 e. The van der Waals surface area contributed by atoms with Crippen molar-refractivity contribution in [1.82, 2.24) is 19.1 Å². The molecule has 0 saturated carbocycles. The molecule has 0 radical (unpaired) electrons. The van der Waals surface area contributed by atoms with E-state index in [1.807, 2.05) is 0 Å². The van der Waals surface area contributed by atoms with E-state index >= 15 is 0 Å². The summed E-state index contributed by atoms with van der Waals surface area (Å²) in [5.41, 5.74) is -0.601. The zero-order chi connectivity index (χ0) is 28.2. The van der Waals surface area contributed by atoms with E-state index in [2.05, 4.69) is 21.5 Å². The number of ether oxygens (including phenoxy) is 1. The van der Waals surface area contributed by atoms with E-state index in [1.165, 1.54) is 29.1 Å². The van der Waals surface area contributed by atoms with Crippen molar-refractivity contribution in [3.8, 4) is 6.07 Å². The molecule has 2 aliphatic rings. The summed E-state index contributed by atoms with van der Waals surface area (Å²) in [7, 11) is -3.82. The lowest BCUT2D eigenvalue weighted by Gasteiger charge is -2.38. The van der Waals surface area contributed by atoms with E-state index in [0.717, 1.165) is 0 Å². The lowest BCUT2D eigenvalue weighted by Crippen LogP contribution is -2.46. The van der Waals surface area contributed by atoms with Crippen LogP contribution in [0.15, 0.2) is 40.2 Å². The van der Waals surface area contributed by atoms with Gasteiger partial charge in [0.15, 0.2) is 11.9 Å². The molecule has 1 aromatic carbocycles. The number of H-pyrrole nitrogens is 1. The standard InChI is InChI=1S/C23H23F3N6O6S/c24-23(25,26)11-31-10-13-9-14(1-2-17(13)39(31,36)37)29-19-18-15(4-8-28-20(18)33)32(30-19)22(6-7-27)5-3-16(21(34)35)38-12-22/h1-2,4,8-9,16,36-37H,3,5-6,10-12H2,(H,28,33)(H,29,30)(H,34,35). The Hall–Kier alpha value is -3.62. The van der Waals surface area contributed by atoms with E-state index in [1.54, 1.807) is 6.07 Å². The molecular weight excluding hydrogens is 545 g/mol. The third kappa shape index (κ3) is 4.83. The quantitative estimate of drug-likeness (QED) is 0.294. The van der Waals surface area contributed by atoms with Gasteiger partial charge in [-0.1, -0.05) is 0 Å². The average molecular weight is 569 g/mol. The molecule has 2 atom stereocenters. The number of hydrogen-bond acceptors (Lipinski definition) is 9. The highest BCUT2D eigenvalue weighted by Crippen LogP contribution is 2.59. The lowest BCUT2D eigenvalue weighted by molar-refractivity contribution is -0.158. The first-order chi connectivity index (χ1) is 18.3.